The Balaban J connectivity index is 1.83. The van der Waals surface area contributed by atoms with Crippen LogP contribution in [0.25, 0.3) is 22.7 Å². The molecule has 0 saturated carbocycles. The van der Waals surface area contributed by atoms with E-state index in [2.05, 4.69) is 47.8 Å². The summed E-state index contributed by atoms with van der Waals surface area (Å²) in [6.45, 7) is 5.24. The molecule has 3 nitrogen and oxygen atoms in total. The van der Waals surface area contributed by atoms with E-state index in [0.29, 0.717) is 13.1 Å². The van der Waals surface area contributed by atoms with Crippen LogP contribution in [0.3, 0.4) is 0 Å². The van der Waals surface area contributed by atoms with Crippen molar-refractivity contribution in [2.45, 2.75) is 33.2 Å². The fourth-order valence-electron chi connectivity index (χ4n) is 3.94. The standard InChI is InChI=1S/C22H23F2N3/c1-15-3-4-20-18(11-15)19-13-26(14-22(23)24)10-7-21(19)27(20)12-16(2)17-5-8-25-9-6-17/h3-6,8-9,11-12,22H,7,10,13-14H2,1-2H3/b16-12+. The first-order valence-corrected chi connectivity index (χ1v) is 9.24. The maximum absolute atomic E-state index is 12.9. The molecule has 0 radical (unpaired) electrons. The van der Waals surface area contributed by atoms with Crippen LogP contribution in [0.4, 0.5) is 8.78 Å². The smallest absolute Gasteiger partial charge is 0.251 e. The molecule has 0 spiro atoms. The number of aromatic nitrogens is 2. The number of rotatable bonds is 4. The maximum Gasteiger partial charge on any atom is 0.251 e. The van der Waals surface area contributed by atoms with Crippen molar-refractivity contribution in [3.05, 3.63) is 65.1 Å². The van der Waals surface area contributed by atoms with Gasteiger partial charge in [0, 0.05) is 49.2 Å². The number of alkyl halides is 2. The first kappa shape index (κ1) is 17.9. The number of nitrogens with zero attached hydrogens (tertiary/aromatic N) is 3. The summed E-state index contributed by atoms with van der Waals surface area (Å²) in [5.74, 6) is 0. The molecule has 140 valence electrons. The molecule has 0 atom stereocenters. The number of fused-ring (bicyclic) bond motifs is 3. The topological polar surface area (TPSA) is 21.1 Å². The minimum atomic E-state index is -2.30. The summed E-state index contributed by atoms with van der Waals surface area (Å²) in [6, 6.07) is 10.4. The van der Waals surface area contributed by atoms with Crippen molar-refractivity contribution in [1.82, 2.24) is 14.5 Å². The van der Waals surface area contributed by atoms with Gasteiger partial charge in [0.25, 0.3) is 6.43 Å². The molecule has 0 amide bonds. The van der Waals surface area contributed by atoms with E-state index in [9.17, 15) is 8.78 Å². The van der Waals surface area contributed by atoms with Crippen LogP contribution >= 0.6 is 0 Å². The number of pyridine rings is 1. The second kappa shape index (κ2) is 7.24. The van der Waals surface area contributed by atoms with Crippen LogP contribution < -0.4 is 0 Å². The normalized spacial score (nSPS) is 15.5. The van der Waals surface area contributed by atoms with Crippen LogP contribution in [-0.2, 0) is 13.0 Å². The fourth-order valence-corrected chi connectivity index (χ4v) is 3.94. The van der Waals surface area contributed by atoms with E-state index in [1.54, 1.807) is 12.4 Å². The molecule has 0 N–H and O–H groups in total. The van der Waals surface area contributed by atoms with Gasteiger partial charge in [-0.2, -0.15) is 0 Å². The van der Waals surface area contributed by atoms with E-state index in [1.807, 2.05) is 17.0 Å². The first-order chi connectivity index (χ1) is 13.0. The SMILES string of the molecule is C/C(=C\n1c2c(c3cc(C)ccc31)CN(CC(F)F)CC2)c1ccncc1. The molecule has 3 heterocycles. The Morgan fingerprint density at radius 3 is 2.74 bits per heavy atom. The highest BCUT2D eigenvalue weighted by Crippen LogP contribution is 2.33. The molecule has 0 aliphatic carbocycles. The highest BCUT2D eigenvalue weighted by atomic mass is 19.3. The van der Waals surface area contributed by atoms with Crippen LogP contribution in [-0.4, -0.2) is 34.0 Å². The Morgan fingerprint density at radius 1 is 1.22 bits per heavy atom. The van der Waals surface area contributed by atoms with Crippen molar-refractivity contribution in [3.8, 4) is 0 Å². The summed E-state index contributed by atoms with van der Waals surface area (Å²) in [6.07, 6.45) is 4.23. The third-order valence-electron chi connectivity index (χ3n) is 5.28. The molecule has 0 unspecified atom stereocenters. The molecule has 27 heavy (non-hydrogen) atoms. The maximum atomic E-state index is 12.9. The molecular formula is C22H23F2N3. The summed E-state index contributed by atoms with van der Waals surface area (Å²) in [7, 11) is 0. The van der Waals surface area contributed by atoms with Gasteiger partial charge in [-0.25, -0.2) is 8.78 Å². The van der Waals surface area contributed by atoms with Crippen molar-refractivity contribution < 1.29 is 8.78 Å². The van der Waals surface area contributed by atoms with Gasteiger partial charge in [0.2, 0.25) is 0 Å². The molecule has 2 aromatic heterocycles. The summed E-state index contributed by atoms with van der Waals surface area (Å²) in [4.78, 5) is 5.95. The molecule has 5 heteroatoms. The van der Waals surface area contributed by atoms with Crippen LogP contribution in [0.5, 0.6) is 0 Å². The zero-order valence-corrected chi connectivity index (χ0v) is 15.6. The van der Waals surface area contributed by atoms with E-state index in [0.717, 1.165) is 23.1 Å². The molecule has 3 aromatic rings. The number of hydrogen-bond acceptors (Lipinski definition) is 2. The molecule has 0 bridgehead atoms. The van der Waals surface area contributed by atoms with Gasteiger partial charge in [-0.1, -0.05) is 11.6 Å². The molecule has 1 aliphatic rings. The second-order valence-corrected chi connectivity index (χ2v) is 7.24. The van der Waals surface area contributed by atoms with E-state index in [4.69, 9.17) is 0 Å². The quantitative estimate of drug-likeness (QED) is 0.648. The van der Waals surface area contributed by atoms with E-state index >= 15 is 0 Å². The Kier molecular flexibility index (Phi) is 4.79. The van der Waals surface area contributed by atoms with Gasteiger partial charge >= 0.3 is 0 Å². The lowest BCUT2D eigenvalue weighted by atomic mass is 10.0. The zero-order chi connectivity index (χ0) is 19.0. The average molecular weight is 367 g/mol. The molecule has 0 fully saturated rings. The number of allylic oxidation sites excluding steroid dienone is 1. The monoisotopic (exact) mass is 367 g/mol. The lowest BCUT2D eigenvalue weighted by Crippen LogP contribution is -2.34. The lowest BCUT2D eigenvalue weighted by molar-refractivity contribution is 0.0820. The Hall–Kier alpha value is -2.53. The highest BCUT2D eigenvalue weighted by Gasteiger charge is 2.25. The Labute approximate surface area is 157 Å². The largest absolute Gasteiger partial charge is 0.320 e. The van der Waals surface area contributed by atoms with Crippen molar-refractivity contribution in [3.63, 3.8) is 0 Å². The summed E-state index contributed by atoms with van der Waals surface area (Å²) in [5.41, 5.74) is 7.01. The van der Waals surface area contributed by atoms with Gasteiger partial charge in [-0.3, -0.25) is 9.88 Å². The summed E-state index contributed by atoms with van der Waals surface area (Å²) in [5, 5.41) is 1.17. The lowest BCUT2D eigenvalue weighted by Gasteiger charge is -2.27. The van der Waals surface area contributed by atoms with Gasteiger partial charge in [-0.15, -0.1) is 0 Å². The van der Waals surface area contributed by atoms with Crippen molar-refractivity contribution >= 4 is 22.7 Å². The number of aryl methyl sites for hydroxylation is 1. The highest BCUT2D eigenvalue weighted by molar-refractivity contribution is 5.90. The van der Waals surface area contributed by atoms with Crippen LogP contribution in [0.15, 0.2) is 42.7 Å². The molecule has 0 saturated heterocycles. The zero-order valence-electron chi connectivity index (χ0n) is 15.6. The third kappa shape index (κ3) is 3.52. The number of halogens is 2. The Morgan fingerprint density at radius 2 is 2.00 bits per heavy atom. The van der Waals surface area contributed by atoms with Gasteiger partial charge in [0.15, 0.2) is 0 Å². The number of hydrogen-bond donors (Lipinski definition) is 0. The molecule has 4 rings (SSSR count). The third-order valence-corrected chi connectivity index (χ3v) is 5.28. The minimum absolute atomic E-state index is 0.163. The van der Waals surface area contributed by atoms with Crippen LogP contribution in [0.2, 0.25) is 0 Å². The van der Waals surface area contributed by atoms with Crippen molar-refractivity contribution in [1.29, 1.82) is 0 Å². The predicted octanol–water partition coefficient (Wildman–Crippen LogP) is 4.99. The summed E-state index contributed by atoms with van der Waals surface area (Å²) < 4.78 is 28.0. The summed E-state index contributed by atoms with van der Waals surface area (Å²) >= 11 is 0. The van der Waals surface area contributed by atoms with Gasteiger partial charge < -0.3 is 4.57 Å². The second-order valence-electron chi connectivity index (χ2n) is 7.24. The molecular weight excluding hydrogens is 344 g/mol. The predicted molar refractivity (Wildman–Crippen MR) is 106 cm³/mol. The molecule has 1 aliphatic heterocycles. The van der Waals surface area contributed by atoms with Crippen LogP contribution in [0, 0.1) is 6.92 Å². The van der Waals surface area contributed by atoms with Gasteiger partial charge in [0.05, 0.1) is 12.1 Å². The van der Waals surface area contributed by atoms with Crippen LogP contribution in [0.1, 0.15) is 29.3 Å². The fraction of sp³-hybridized carbons (Fsp3) is 0.318. The van der Waals surface area contributed by atoms with Gasteiger partial charge in [-0.05, 0) is 54.8 Å². The Bertz CT molecular complexity index is 990. The van der Waals surface area contributed by atoms with Crippen molar-refractivity contribution in [2.24, 2.45) is 0 Å². The average Bonchev–Trinajstić information content (AvgIpc) is 2.94. The van der Waals surface area contributed by atoms with E-state index < -0.39 is 6.43 Å². The first-order valence-electron chi connectivity index (χ1n) is 9.24. The van der Waals surface area contributed by atoms with E-state index in [1.165, 1.54) is 22.2 Å². The van der Waals surface area contributed by atoms with E-state index in [-0.39, 0.29) is 6.54 Å². The van der Waals surface area contributed by atoms with Crippen molar-refractivity contribution in [2.75, 3.05) is 13.1 Å². The minimum Gasteiger partial charge on any atom is -0.320 e. The van der Waals surface area contributed by atoms with Gasteiger partial charge in [0.1, 0.15) is 0 Å². The molecule has 1 aromatic carbocycles. The number of benzene rings is 1.